The highest BCUT2D eigenvalue weighted by atomic mass is 15.0. The molecule has 2 aromatic heterocycles. The van der Waals surface area contributed by atoms with E-state index >= 15 is 0 Å². The summed E-state index contributed by atoms with van der Waals surface area (Å²) in [6.07, 6.45) is 1.97. The Morgan fingerprint density at radius 3 is 2.53 bits per heavy atom. The number of pyridine rings is 1. The Morgan fingerprint density at radius 1 is 1.24 bits per heavy atom. The van der Waals surface area contributed by atoms with E-state index in [1.807, 2.05) is 19.1 Å². The zero-order valence-corrected chi connectivity index (χ0v) is 10.7. The van der Waals surface area contributed by atoms with Crippen LogP contribution in [0, 0.1) is 6.92 Å². The Bertz CT molecular complexity index is 503. The SMILES string of the molecule is CCC(CC)(CN)c1nc2nc(C)ccc2[nH]1. The Morgan fingerprint density at radius 2 is 1.94 bits per heavy atom. The highest BCUT2D eigenvalue weighted by Crippen LogP contribution is 2.29. The lowest BCUT2D eigenvalue weighted by Crippen LogP contribution is -2.35. The van der Waals surface area contributed by atoms with Crippen LogP contribution >= 0.6 is 0 Å². The van der Waals surface area contributed by atoms with E-state index in [9.17, 15) is 0 Å². The molecule has 0 fully saturated rings. The van der Waals surface area contributed by atoms with Crippen LogP contribution in [-0.4, -0.2) is 21.5 Å². The van der Waals surface area contributed by atoms with Gasteiger partial charge in [0, 0.05) is 17.7 Å². The van der Waals surface area contributed by atoms with E-state index in [0.29, 0.717) is 6.54 Å². The lowest BCUT2D eigenvalue weighted by molar-refractivity contribution is 0.387. The maximum absolute atomic E-state index is 5.93. The van der Waals surface area contributed by atoms with E-state index in [4.69, 9.17) is 5.73 Å². The van der Waals surface area contributed by atoms with E-state index in [1.165, 1.54) is 0 Å². The lowest BCUT2D eigenvalue weighted by atomic mass is 9.82. The monoisotopic (exact) mass is 232 g/mol. The topological polar surface area (TPSA) is 67.6 Å². The highest BCUT2D eigenvalue weighted by Gasteiger charge is 2.30. The van der Waals surface area contributed by atoms with Crippen molar-refractivity contribution in [2.24, 2.45) is 5.73 Å². The van der Waals surface area contributed by atoms with Crippen molar-refractivity contribution >= 4 is 11.2 Å². The normalized spacial score (nSPS) is 12.2. The molecule has 4 heteroatoms. The number of aryl methyl sites for hydroxylation is 1. The van der Waals surface area contributed by atoms with Crippen LogP contribution in [-0.2, 0) is 5.41 Å². The predicted octanol–water partition coefficient (Wildman–Crippen LogP) is 2.28. The first-order chi connectivity index (χ1) is 8.15. The molecule has 0 saturated carbocycles. The largest absolute Gasteiger partial charge is 0.340 e. The van der Waals surface area contributed by atoms with Gasteiger partial charge in [0.15, 0.2) is 5.65 Å². The van der Waals surface area contributed by atoms with E-state index < -0.39 is 0 Å². The Hall–Kier alpha value is -1.42. The van der Waals surface area contributed by atoms with Crippen molar-refractivity contribution in [3.8, 4) is 0 Å². The molecule has 0 spiro atoms. The third-order valence-electron chi connectivity index (χ3n) is 3.73. The van der Waals surface area contributed by atoms with Crippen LogP contribution in [0.25, 0.3) is 11.2 Å². The number of hydrogen-bond acceptors (Lipinski definition) is 3. The summed E-state index contributed by atoms with van der Waals surface area (Å²) in [5, 5.41) is 0. The fourth-order valence-corrected chi connectivity index (χ4v) is 2.21. The maximum atomic E-state index is 5.93. The number of fused-ring (bicyclic) bond motifs is 1. The number of nitrogens with zero attached hydrogens (tertiary/aromatic N) is 2. The zero-order valence-electron chi connectivity index (χ0n) is 10.7. The lowest BCUT2D eigenvalue weighted by Gasteiger charge is -2.27. The predicted molar refractivity (Wildman–Crippen MR) is 69.9 cm³/mol. The summed E-state index contributed by atoms with van der Waals surface area (Å²) < 4.78 is 0. The van der Waals surface area contributed by atoms with Gasteiger partial charge in [0.2, 0.25) is 0 Å². The van der Waals surface area contributed by atoms with Crippen molar-refractivity contribution in [3.63, 3.8) is 0 Å². The average Bonchev–Trinajstić information content (AvgIpc) is 2.75. The molecule has 0 bridgehead atoms. The molecule has 17 heavy (non-hydrogen) atoms. The van der Waals surface area contributed by atoms with Crippen molar-refractivity contribution < 1.29 is 0 Å². The van der Waals surface area contributed by atoms with Crippen LogP contribution in [0.1, 0.15) is 38.2 Å². The van der Waals surface area contributed by atoms with Gasteiger partial charge in [-0.1, -0.05) is 13.8 Å². The molecule has 2 heterocycles. The maximum Gasteiger partial charge on any atom is 0.177 e. The van der Waals surface area contributed by atoms with Crippen molar-refractivity contribution in [3.05, 3.63) is 23.7 Å². The van der Waals surface area contributed by atoms with Crippen molar-refractivity contribution in [1.29, 1.82) is 0 Å². The van der Waals surface area contributed by atoms with Gasteiger partial charge in [-0.3, -0.25) is 0 Å². The van der Waals surface area contributed by atoms with Gasteiger partial charge in [-0.25, -0.2) is 9.97 Å². The number of H-pyrrole nitrogens is 1. The molecular weight excluding hydrogens is 212 g/mol. The minimum atomic E-state index is -0.0470. The number of nitrogens with one attached hydrogen (secondary N) is 1. The van der Waals surface area contributed by atoms with Gasteiger partial charge in [-0.05, 0) is 31.9 Å². The number of aromatic amines is 1. The van der Waals surface area contributed by atoms with Crippen LogP contribution < -0.4 is 5.73 Å². The molecule has 0 aliphatic heterocycles. The first-order valence-electron chi connectivity index (χ1n) is 6.19. The molecule has 92 valence electrons. The Labute approximate surface area is 102 Å². The van der Waals surface area contributed by atoms with E-state index in [2.05, 4.69) is 28.8 Å². The van der Waals surface area contributed by atoms with Crippen LogP contribution in [0.5, 0.6) is 0 Å². The Balaban J connectivity index is 2.55. The van der Waals surface area contributed by atoms with Gasteiger partial charge >= 0.3 is 0 Å². The first-order valence-corrected chi connectivity index (χ1v) is 6.19. The molecule has 0 radical (unpaired) electrons. The van der Waals surface area contributed by atoms with Gasteiger partial charge in [-0.2, -0.15) is 0 Å². The van der Waals surface area contributed by atoms with Crippen LogP contribution in [0.2, 0.25) is 0 Å². The Kier molecular flexibility index (Phi) is 3.15. The number of rotatable bonds is 4. The average molecular weight is 232 g/mol. The van der Waals surface area contributed by atoms with Crippen molar-refractivity contribution in [1.82, 2.24) is 15.0 Å². The standard InChI is InChI=1S/C13H20N4/c1-4-13(5-2,8-14)12-16-10-7-6-9(3)15-11(10)17-12/h6-7H,4-5,8,14H2,1-3H3,(H,15,16,17). The fourth-order valence-electron chi connectivity index (χ4n) is 2.21. The number of hydrogen-bond donors (Lipinski definition) is 2. The number of nitrogens with two attached hydrogens (primary N) is 1. The molecule has 2 aromatic rings. The molecule has 0 aliphatic carbocycles. The van der Waals surface area contributed by atoms with Crippen molar-refractivity contribution in [2.45, 2.75) is 39.0 Å². The molecule has 0 atom stereocenters. The molecule has 0 saturated heterocycles. The van der Waals surface area contributed by atoms with Gasteiger partial charge in [0.05, 0.1) is 5.52 Å². The minimum Gasteiger partial charge on any atom is -0.340 e. The van der Waals surface area contributed by atoms with Gasteiger partial charge in [-0.15, -0.1) is 0 Å². The number of aromatic nitrogens is 3. The summed E-state index contributed by atoms with van der Waals surface area (Å²) in [5.41, 5.74) is 8.66. The van der Waals surface area contributed by atoms with Gasteiger partial charge < -0.3 is 10.7 Å². The summed E-state index contributed by atoms with van der Waals surface area (Å²) in [4.78, 5) is 12.4. The summed E-state index contributed by atoms with van der Waals surface area (Å²) in [6, 6.07) is 4.02. The fraction of sp³-hybridized carbons (Fsp3) is 0.538. The summed E-state index contributed by atoms with van der Waals surface area (Å²) in [7, 11) is 0. The molecule has 0 amide bonds. The summed E-state index contributed by atoms with van der Waals surface area (Å²) in [6.45, 7) is 6.90. The molecule has 0 aromatic carbocycles. The quantitative estimate of drug-likeness (QED) is 0.849. The van der Waals surface area contributed by atoms with Crippen LogP contribution in [0.4, 0.5) is 0 Å². The third-order valence-corrected chi connectivity index (χ3v) is 3.73. The second-order valence-corrected chi connectivity index (χ2v) is 4.60. The molecule has 2 rings (SSSR count). The third kappa shape index (κ3) is 1.93. The first kappa shape index (κ1) is 12.0. The van der Waals surface area contributed by atoms with Crippen LogP contribution in [0.3, 0.4) is 0 Å². The van der Waals surface area contributed by atoms with Gasteiger partial charge in [0.1, 0.15) is 5.82 Å². The van der Waals surface area contributed by atoms with E-state index in [-0.39, 0.29) is 5.41 Å². The van der Waals surface area contributed by atoms with Crippen LogP contribution in [0.15, 0.2) is 12.1 Å². The summed E-state index contributed by atoms with van der Waals surface area (Å²) >= 11 is 0. The number of imidazole rings is 1. The van der Waals surface area contributed by atoms with E-state index in [1.54, 1.807) is 0 Å². The van der Waals surface area contributed by atoms with Crippen molar-refractivity contribution in [2.75, 3.05) is 6.54 Å². The molecule has 3 N–H and O–H groups in total. The zero-order chi connectivity index (χ0) is 12.5. The molecular formula is C13H20N4. The molecule has 4 nitrogen and oxygen atoms in total. The molecule has 0 aliphatic rings. The van der Waals surface area contributed by atoms with E-state index in [0.717, 1.165) is 35.5 Å². The second-order valence-electron chi connectivity index (χ2n) is 4.60. The highest BCUT2D eigenvalue weighted by molar-refractivity contribution is 5.70. The molecule has 0 unspecified atom stereocenters. The minimum absolute atomic E-state index is 0.0470. The second kappa shape index (κ2) is 4.45. The van der Waals surface area contributed by atoms with Gasteiger partial charge in [0.25, 0.3) is 0 Å². The summed E-state index contributed by atoms with van der Waals surface area (Å²) in [5.74, 6) is 0.970. The smallest absolute Gasteiger partial charge is 0.177 e.